The van der Waals surface area contributed by atoms with Crippen molar-refractivity contribution >= 4 is 15.6 Å². The summed E-state index contributed by atoms with van der Waals surface area (Å²) in [7, 11) is -4.58. The lowest BCUT2D eigenvalue weighted by molar-refractivity contribution is -0.114. The Morgan fingerprint density at radius 3 is 1.91 bits per heavy atom. The van der Waals surface area contributed by atoms with Gasteiger partial charge in [-0.05, 0) is 6.92 Å². The Morgan fingerprint density at radius 2 is 1.82 bits per heavy atom. The minimum Gasteiger partial charge on any atom is -0.299 e. The lowest BCUT2D eigenvalue weighted by Crippen LogP contribution is -2.30. The van der Waals surface area contributed by atoms with E-state index in [1.165, 1.54) is 0 Å². The fourth-order valence-corrected chi connectivity index (χ4v) is 1.18. The van der Waals surface area contributed by atoms with Gasteiger partial charge in [-0.15, -0.1) is 0 Å². The molecule has 0 saturated heterocycles. The van der Waals surface area contributed by atoms with Gasteiger partial charge in [0, 0.05) is 6.92 Å². The number of carbonyl (C=O) groups excluding carboxylic acids is 1. The van der Waals surface area contributed by atoms with Crippen molar-refractivity contribution in [3.8, 4) is 0 Å². The molecule has 0 fully saturated rings. The standard InChI is InChI=1S/C5H8F2O3S/c1-4(8)3-11(9,10)5(2,6)7/h3H2,1-2H3. The van der Waals surface area contributed by atoms with Crippen LogP contribution in [0.3, 0.4) is 0 Å². The van der Waals surface area contributed by atoms with Gasteiger partial charge >= 0.3 is 5.25 Å². The molecule has 11 heavy (non-hydrogen) atoms. The molecule has 3 nitrogen and oxygen atoms in total. The van der Waals surface area contributed by atoms with Crippen LogP contribution in [0.1, 0.15) is 13.8 Å². The van der Waals surface area contributed by atoms with Crippen molar-refractivity contribution in [1.29, 1.82) is 0 Å². The third-order valence-electron chi connectivity index (χ3n) is 0.939. The third kappa shape index (κ3) is 2.92. The molecule has 0 rings (SSSR count). The van der Waals surface area contributed by atoms with Crippen LogP contribution in [0.4, 0.5) is 8.78 Å². The third-order valence-corrected chi connectivity index (χ3v) is 2.82. The molecule has 0 N–H and O–H groups in total. The van der Waals surface area contributed by atoms with E-state index in [2.05, 4.69) is 0 Å². The normalized spacial score (nSPS) is 13.1. The largest absolute Gasteiger partial charge is 0.343 e. The molecule has 0 spiro atoms. The van der Waals surface area contributed by atoms with Gasteiger partial charge in [-0.3, -0.25) is 4.79 Å². The molecule has 0 aromatic carbocycles. The monoisotopic (exact) mass is 186 g/mol. The first kappa shape index (κ1) is 10.5. The van der Waals surface area contributed by atoms with Gasteiger partial charge in [0.2, 0.25) is 9.84 Å². The van der Waals surface area contributed by atoms with Crippen LogP contribution in [-0.4, -0.2) is 25.2 Å². The summed E-state index contributed by atoms with van der Waals surface area (Å²) in [5.41, 5.74) is 0. The van der Waals surface area contributed by atoms with E-state index in [1.807, 2.05) is 0 Å². The van der Waals surface area contributed by atoms with E-state index in [0.29, 0.717) is 0 Å². The van der Waals surface area contributed by atoms with Crippen LogP contribution in [-0.2, 0) is 14.6 Å². The van der Waals surface area contributed by atoms with Crippen LogP contribution in [0.25, 0.3) is 0 Å². The number of carbonyl (C=O) groups is 1. The number of hydrogen-bond acceptors (Lipinski definition) is 3. The van der Waals surface area contributed by atoms with E-state index in [9.17, 15) is 22.0 Å². The molecular formula is C5H8F2O3S. The van der Waals surface area contributed by atoms with Crippen LogP contribution in [0.15, 0.2) is 0 Å². The number of hydrogen-bond donors (Lipinski definition) is 0. The summed E-state index contributed by atoms with van der Waals surface area (Å²) < 4.78 is 45.2. The van der Waals surface area contributed by atoms with Gasteiger partial charge in [0.25, 0.3) is 0 Å². The van der Waals surface area contributed by atoms with Crippen LogP contribution >= 0.6 is 0 Å². The first-order chi connectivity index (χ1) is 4.67. The molecule has 0 heterocycles. The van der Waals surface area contributed by atoms with Gasteiger partial charge in [0.05, 0.1) is 0 Å². The molecule has 0 atom stereocenters. The molecule has 6 heteroatoms. The lowest BCUT2D eigenvalue weighted by atomic mass is 10.5. The number of ketones is 1. The zero-order valence-corrected chi connectivity index (χ0v) is 6.91. The minimum atomic E-state index is -4.58. The van der Waals surface area contributed by atoms with Crippen molar-refractivity contribution < 1.29 is 22.0 Å². The van der Waals surface area contributed by atoms with Crippen LogP contribution in [0.2, 0.25) is 0 Å². The van der Waals surface area contributed by atoms with E-state index in [1.54, 1.807) is 0 Å². The SMILES string of the molecule is CC(=O)CS(=O)(=O)C(C)(F)F. The Balaban J connectivity index is 4.64. The van der Waals surface area contributed by atoms with Crippen LogP contribution in [0.5, 0.6) is 0 Å². The Kier molecular flexibility index (Phi) is 2.71. The molecule has 0 unspecified atom stereocenters. The second kappa shape index (κ2) is 2.84. The molecule has 0 radical (unpaired) electrons. The molecule has 0 aromatic rings. The van der Waals surface area contributed by atoms with Gasteiger partial charge < -0.3 is 0 Å². The summed E-state index contributed by atoms with van der Waals surface area (Å²) in [4.78, 5) is 10.2. The van der Waals surface area contributed by atoms with Gasteiger partial charge in [-0.25, -0.2) is 8.42 Å². The fourth-order valence-electron chi connectivity index (χ4n) is 0.394. The van der Waals surface area contributed by atoms with Crippen molar-refractivity contribution in [2.75, 3.05) is 5.75 Å². The highest BCUT2D eigenvalue weighted by atomic mass is 32.2. The maximum atomic E-state index is 12.1. The second-order valence-electron chi connectivity index (χ2n) is 2.27. The summed E-state index contributed by atoms with van der Waals surface area (Å²) in [5.74, 6) is -1.89. The number of sulfone groups is 1. The Morgan fingerprint density at radius 1 is 1.45 bits per heavy atom. The van der Waals surface area contributed by atoms with Crippen molar-refractivity contribution in [1.82, 2.24) is 0 Å². The topological polar surface area (TPSA) is 51.2 Å². The van der Waals surface area contributed by atoms with Crippen LogP contribution in [0, 0.1) is 0 Å². The Labute approximate surface area is 63.3 Å². The smallest absolute Gasteiger partial charge is 0.299 e. The van der Waals surface area contributed by atoms with E-state index >= 15 is 0 Å². The highest BCUT2D eigenvalue weighted by molar-refractivity contribution is 7.93. The average molecular weight is 186 g/mol. The minimum absolute atomic E-state index is 0.255. The maximum absolute atomic E-state index is 12.1. The summed E-state index contributed by atoms with van der Waals surface area (Å²) >= 11 is 0. The number of halogens is 2. The van der Waals surface area contributed by atoms with Gasteiger partial charge in [0.1, 0.15) is 11.5 Å². The zero-order chi connectivity index (χ0) is 9.28. The summed E-state index contributed by atoms with van der Waals surface area (Å²) in [6.07, 6.45) is 0. The predicted octanol–water partition coefficient (Wildman–Crippen LogP) is 0.603. The van der Waals surface area contributed by atoms with Crippen molar-refractivity contribution in [3.05, 3.63) is 0 Å². The summed E-state index contributed by atoms with van der Waals surface area (Å²) in [6, 6.07) is 0. The van der Waals surface area contributed by atoms with E-state index in [4.69, 9.17) is 0 Å². The molecule has 0 aliphatic rings. The number of Topliss-reactive ketones (excluding diaryl/α,β-unsaturated/α-hetero) is 1. The van der Waals surface area contributed by atoms with E-state index in [-0.39, 0.29) is 6.92 Å². The first-order valence-corrected chi connectivity index (χ1v) is 4.41. The quantitative estimate of drug-likeness (QED) is 0.648. The molecule has 0 aliphatic carbocycles. The molecule has 0 amide bonds. The molecular weight excluding hydrogens is 178 g/mol. The maximum Gasteiger partial charge on any atom is 0.343 e. The van der Waals surface area contributed by atoms with Gasteiger partial charge in [-0.1, -0.05) is 0 Å². The van der Waals surface area contributed by atoms with Gasteiger partial charge in [0.15, 0.2) is 0 Å². The van der Waals surface area contributed by atoms with Crippen molar-refractivity contribution in [2.24, 2.45) is 0 Å². The number of alkyl halides is 2. The van der Waals surface area contributed by atoms with E-state index in [0.717, 1.165) is 6.92 Å². The fraction of sp³-hybridized carbons (Fsp3) is 0.800. The van der Waals surface area contributed by atoms with Crippen LogP contribution < -0.4 is 0 Å². The predicted molar refractivity (Wildman–Crippen MR) is 35.1 cm³/mol. The molecule has 66 valence electrons. The second-order valence-corrected chi connectivity index (χ2v) is 4.50. The van der Waals surface area contributed by atoms with Gasteiger partial charge in [-0.2, -0.15) is 8.78 Å². The van der Waals surface area contributed by atoms with E-state index < -0.39 is 26.6 Å². The van der Waals surface area contributed by atoms with Crippen molar-refractivity contribution in [3.63, 3.8) is 0 Å². The molecule has 0 aromatic heterocycles. The Hall–Kier alpha value is -0.520. The Bertz CT molecular complexity index is 249. The lowest BCUT2D eigenvalue weighted by Gasteiger charge is -2.08. The molecule has 0 saturated carbocycles. The number of rotatable bonds is 3. The average Bonchev–Trinajstić information content (AvgIpc) is 1.56. The highest BCUT2D eigenvalue weighted by Gasteiger charge is 2.39. The first-order valence-electron chi connectivity index (χ1n) is 2.76. The molecule has 0 bridgehead atoms. The highest BCUT2D eigenvalue weighted by Crippen LogP contribution is 2.20. The summed E-state index contributed by atoms with van der Waals surface area (Å²) in [6.45, 7) is 1.20. The summed E-state index contributed by atoms with van der Waals surface area (Å²) in [5, 5.41) is -3.82. The van der Waals surface area contributed by atoms with Crippen molar-refractivity contribution in [2.45, 2.75) is 19.1 Å². The molecule has 0 aliphatic heterocycles. The zero-order valence-electron chi connectivity index (χ0n) is 6.10.